The zero-order valence-corrected chi connectivity index (χ0v) is 12.9. The molecule has 0 atom stereocenters. The van der Waals surface area contributed by atoms with Crippen LogP contribution in [0.2, 0.25) is 5.02 Å². The predicted octanol–water partition coefficient (Wildman–Crippen LogP) is 3.49. The Balaban J connectivity index is 1.91. The number of nitriles is 1. The van der Waals surface area contributed by atoms with Crippen molar-refractivity contribution in [1.29, 1.82) is 5.26 Å². The second-order valence-electron chi connectivity index (χ2n) is 5.18. The Bertz CT molecular complexity index is 943. The highest BCUT2D eigenvalue weighted by atomic mass is 35.5. The molecule has 3 aromatic rings. The van der Waals surface area contributed by atoms with Crippen LogP contribution in [0.15, 0.2) is 36.5 Å². The smallest absolute Gasteiger partial charge is 0.162 e. The quantitative estimate of drug-likeness (QED) is 0.723. The fraction of sp³-hybridized carbons (Fsp3) is 0.176. The Morgan fingerprint density at radius 2 is 2.00 bits per heavy atom. The van der Waals surface area contributed by atoms with Crippen molar-refractivity contribution in [3.05, 3.63) is 47.2 Å². The maximum Gasteiger partial charge on any atom is 0.162 e. The van der Waals surface area contributed by atoms with Crippen molar-refractivity contribution in [2.24, 2.45) is 0 Å². The lowest BCUT2D eigenvalue weighted by Gasteiger charge is -2.18. The molecule has 1 aromatic carbocycles. The van der Waals surface area contributed by atoms with Gasteiger partial charge in [-0.05, 0) is 30.3 Å². The van der Waals surface area contributed by atoms with Crippen LogP contribution in [-0.2, 0) is 6.42 Å². The summed E-state index contributed by atoms with van der Waals surface area (Å²) in [6.45, 7) is 1.08. The van der Waals surface area contributed by atoms with Gasteiger partial charge in [-0.3, -0.25) is 0 Å². The van der Waals surface area contributed by atoms with Gasteiger partial charge in [0.2, 0.25) is 0 Å². The SMILES string of the molecule is N#CCc1c(-c2ccc3c(c2)OCCO3)nc2ccc(Cl)cn12. The summed E-state index contributed by atoms with van der Waals surface area (Å²) in [7, 11) is 0. The minimum atomic E-state index is 0.241. The van der Waals surface area contributed by atoms with Gasteiger partial charge < -0.3 is 13.9 Å². The summed E-state index contributed by atoms with van der Waals surface area (Å²) in [5, 5.41) is 9.76. The molecule has 0 aliphatic carbocycles. The number of hydrogen-bond acceptors (Lipinski definition) is 4. The van der Waals surface area contributed by atoms with E-state index in [1.807, 2.05) is 28.7 Å². The van der Waals surface area contributed by atoms with Gasteiger partial charge in [0.1, 0.15) is 18.9 Å². The number of halogens is 1. The summed E-state index contributed by atoms with van der Waals surface area (Å²) in [4.78, 5) is 4.65. The van der Waals surface area contributed by atoms with Crippen LogP contribution in [0.1, 0.15) is 5.69 Å². The molecule has 0 amide bonds. The Morgan fingerprint density at radius 3 is 2.83 bits per heavy atom. The molecule has 23 heavy (non-hydrogen) atoms. The monoisotopic (exact) mass is 325 g/mol. The second kappa shape index (κ2) is 5.49. The molecule has 0 saturated carbocycles. The standard InChI is InChI=1S/C17H12ClN3O2/c18-12-2-4-16-20-17(13(5-6-19)21(16)10-12)11-1-3-14-15(9-11)23-8-7-22-14/h1-4,9-10H,5,7-8H2. The Morgan fingerprint density at radius 1 is 1.17 bits per heavy atom. The van der Waals surface area contributed by atoms with Gasteiger partial charge in [0.05, 0.1) is 28.9 Å². The molecule has 0 fully saturated rings. The zero-order valence-electron chi connectivity index (χ0n) is 12.1. The third-order valence-electron chi connectivity index (χ3n) is 3.74. The van der Waals surface area contributed by atoms with Gasteiger partial charge in [-0.2, -0.15) is 5.26 Å². The van der Waals surface area contributed by atoms with E-state index in [-0.39, 0.29) is 6.42 Å². The molecular formula is C17H12ClN3O2. The van der Waals surface area contributed by atoms with E-state index in [0.29, 0.717) is 24.0 Å². The molecule has 0 bridgehead atoms. The number of hydrogen-bond donors (Lipinski definition) is 0. The highest BCUT2D eigenvalue weighted by Gasteiger charge is 2.18. The highest BCUT2D eigenvalue weighted by molar-refractivity contribution is 6.30. The molecular weight excluding hydrogens is 314 g/mol. The highest BCUT2D eigenvalue weighted by Crippen LogP contribution is 2.35. The van der Waals surface area contributed by atoms with Crippen LogP contribution in [-0.4, -0.2) is 22.6 Å². The topological polar surface area (TPSA) is 59.5 Å². The first-order valence-corrected chi connectivity index (χ1v) is 7.57. The fourth-order valence-electron chi connectivity index (χ4n) is 2.73. The number of aromatic nitrogens is 2. The molecule has 4 rings (SSSR count). The summed E-state index contributed by atoms with van der Waals surface area (Å²) >= 11 is 6.07. The molecule has 0 unspecified atom stereocenters. The van der Waals surface area contributed by atoms with E-state index in [0.717, 1.165) is 28.3 Å². The van der Waals surface area contributed by atoms with E-state index in [4.69, 9.17) is 26.3 Å². The lowest BCUT2D eigenvalue weighted by molar-refractivity contribution is 0.171. The van der Waals surface area contributed by atoms with E-state index in [1.54, 1.807) is 12.3 Å². The minimum Gasteiger partial charge on any atom is -0.486 e. The summed E-state index contributed by atoms with van der Waals surface area (Å²) in [6, 6.07) is 11.5. The number of pyridine rings is 1. The Kier molecular flexibility index (Phi) is 3.32. The minimum absolute atomic E-state index is 0.241. The predicted molar refractivity (Wildman–Crippen MR) is 85.9 cm³/mol. The van der Waals surface area contributed by atoms with E-state index in [2.05, 4.69) is 11.1 Å². The number of benzene rings is 1. The Labute approximate surface area is 137 Å². The van der Waals surface area contributed by atoms with Crippen molar-refractivity contribution in [2.75, 3.05) is 13.2 Å². The summed E-state index contributed by atoms with van der Waals surface area (Å²) in [5.74, 6) is 1.43. The largest absolute Gasteiger partial charge is 0.486 e. The van der Waals surface area contributed by atoms with Crippen molar-refractivity contribution >= 4 is 17.2 Å². The van der Waals surface area contributed by atoms with E-state index < -0.39 is 0 Å². The van der Waals surface area contributed by atoms with Gasteiger partial charge in [0, 0.05) is 11.8 Å². The maximum atomic E-state index is 9.16. The molecule has 2 aromatic heterocycles. The lowest BCUT2D eigenvalue weighted by Crippen LogP contribution is -2.15. The van der Waals surface area contributed by atoms with Crippen LogP contribution in [0.3, 0.4) is 0 Å². The molecule has 5 nitrogen and oxygen atoms in total. The summed E-state index contributed by atoms with van der Waals surface area (Å²) in [6.07, 6.45) is 2.02. The average molecular weight is 326 g/mol. The summed E-state index contributed by atoms with van der Waals surface area (Å²) < 4.78 is 13.0. The van der Waals surface area contributed by atoms with Crippen LogP contribution in [0, 0.1) is 11.3 Å². The Hall–Kier alpha value is -2.71. The molecule has 1 aliphatic rings. The van der Waals surface area contributed by atoms with Crippen molar-refractivity contribution in [3.63, 3.8) is 0 Å². The number of ether oxygens (including phenoxy) is 2. The number of nitrogens with zero attached hydrogens (tertiary/aromatic N) is 3. The van der Waals surface area contributed by atoms with Gasteiger partial charge in [-0.1, -0.05) is 11.6 Å². The molecule has 114 valence electrons. The van der Waals surface area contributed by atoms with Gasteiger partial charge >= 0.3 is 0 Å². The van der Waals surface area contributed by atoms with Crippen LogP contribution in [0.4, 0.5) is 0 Å². The molecule has 0 N–H and O–H groups in total. The second-order valence-corrected chi connectivity index (χ2v) is 5.61. The van der Waals surface area contributed by atoms with Crippen LogP contribution >= 0.6 is 11.6 Å². The average Bonchev–Trinajstić information content (AvgIpc) is 2.93. The third-order valence-corrected chi connectivity index (χ3v) is 3.97. The lowest BCUT2D eigenvalue weighted by atomic mass is 10.1. The molecule has 0 saturated heterocycles. The fourth-order valence-corrected chi connectivity index (χ4v) is 2.89. The molecule has 6 heteroatoms. The van der Waals surface area contributed by atoms with Crippen molar-refractivity contribution in [2.45, 2.75) is 6.42 Å². The summed E-state index contributed by atoms with van der Waals surface area (Å²) in [5.41, 5.74) is 3.20. The first-order valence-electron chi connectivity index (χ1n) is 7.20. The van der Waals surface area contributed by atoms with Crippen molar-refractivity contribution in [1.82, 2.24) is 9.38 Å². The van der Waals surface area contributed by atoms with Gasteiger partial charge in [-0.25, -0.2) is 4.98 Å². The van der Waals surface area contributed by atoms with Crippen LogP contribution < -0.4 is 9.47 Å². The van der Waals surface area contributed by atoms with Gasteiger partial charge in [0.25, 0.3) is 0 Å². The van der Waals surface area contributed by atoms with E-state index >= 15 is 0 Å². The molecule has 0 radical (unpaired) electrons. The van der Waals surface area contributed by atoms with Crippen molar-refractivity contribution in [3.8, 4) is 28.8 Å². The number of fused-ring (bicyclic) bond motifs is 2. The maximum absolute atomic E-state index is 9.16. The van der Waals surface area contributed by atoms with E-state index in [9.17, 15) is 0 Å². The van der Waals surface area contributed by atoms with Crippen LogP contribution in [0.25, 0.3) is 16.9 Å². The van der Waals surface area contributed by atoms with Crippen LogP contribution in [0.5, 0.6) is 11.5 Å². The molecule has 0 spiro atoms. The number of imidazole rings is 1. The normalized spacial score (nSPS) is 13.0. The molecule has 3 heterocycles. The van der Waals surface area contributed by atoms with E-state index in [1.165, 1.54) is 0 Å². The van der Waals surface area contributed by atoms with Crippen molar-refractivity contribution < 1.29 is 9.47 Å². The zero-order chi connectivity index (χ0) is 15.8. The number of rotatable bonds is 2. The van der Waals surface area contributed by atoms with Gasteiger partial charge in [-0.15, -0.1) is 0 Å². The van der Waals surface area contributed by atoms with Gasteiger partial charge in [0.15, 0.2) is 11.5 Å². The first kappa shape index (κ1) is 13.9. The third kappa shape index (κ3) is 2.37. The molecule has 1 aliphatic heterocycles. The first-order chi connectivity index (χ1) is 11.3.